The van der Waals surface area contributed by atoms with E-state index in [-0.39, 0.29) is 11.8 Å². The van der Waals surface area contributed by atoms with Crippen molar-refractivity contribution in [2.45, 2.75) is 18.9 Å². The third-order valence-corrected chi connectivity index (χ3v) is 4.24. The summed E-state index contributed by atoms with van der Waals surface area (Å²) in [4.78, 5) is 15.2. The maximum absolute atomic E-state index is 10.9. The second-order valence-corrected chi connectivity index (χ2v) is 6.19. The predicted molar refractivity (Wildman–Crippen MR) is 84.6 cm³/mol. The minimum absolute atomic E-state index is 0.0390. The van der Waals surface area contributed by atoms with Crippen LogP contribution in [0.3, 0.4) is 0 Å². The highest BCUT2D eigenvalue weighted by Gasteiger charge is 2.46. The summed E-state index contributed by atoms with van der Waals surface area (Å²) in [5, 5.41) is 17.7. The molecule has 0 unspecified atom stereocenters. The fourth-order valence-corrected chi connectivity index (χ4v) is 2.84. The molecule has 0 radical (unpaired) electrons. The summed E-state index contributed by atoms with van der Waals surface area (Å²) in [5.74, 6) is -0.0458. The molecule has 0 bridgehead atoms. The van der Waals surface area contributed by atoms with Crippen molar-refractivity contribution in [3.63, 3.8) is 0 Å². The van der Waals surface area contributed by atoms with Crippen LogP contribution in [0, 0.1) is 5.92 Å². The number of halogens is 1. The first kappa shape index (κ1) is 14.9. The molecule has 0 spiro atoms. The highest BCUT2D eigenvalue weighted by atomic mass is 35.5. The van der Waals surface area contributed by atoms with E-state index in [1.807, 2.05) is 12.1 Å². The molecule has 1 aliphatic rings. The molecule has 1 aliphatic carbocycles. The first-order chi connectivity index (χ1) is 11.6. The molecule has 122 valence electrons. The summed E-state index contributed by atoms with van der Waals surface area (Å²) in [7, 11) is 0. The van der Waals surface area contributed by atoms with Crippen LogP contribution in [0.1, 0.15) is 23.9 Å². The maximum atomic E-state index is 10.9. The number of benzene rings is 1. The molecule has 3 aromatic rings. The Hall–Kier alpha value is -2.67. The Morgan fingerprint density at radius 1 is 1.46 bits per heavy atom. The number of hydrogen-bond acceptors (Lipinski definition) is 5. The molecule has 1 aromatic carbocycles. The molecular weight excluding hydrogens is 332 g/mol. The highest BCUT2D eigenvalue weighted by Crippen LogP contribution is 2.46. The Balaban J connectivity index is 1.47. The molecule has 2 heterocycles. The normalized spacial score (nSPS) is 19.4. The summed E-state index contributed by atoms with van der Waals surface area (Å²) >= 11 is 5.98. The van der Waals surface area contributed by atoms with Crippen molar-refractivity contribution < 1.29 is 14.3 Å². The number of hydrogen-bond donors (Lipinski definition) is 1. The SMILES string of the molecule is O=C(O)[C@@H]1C[C@@H]1c1cn(Cc2ncc(-c3cccc(Cl)c3)o2)nn1. The van der Waals surface area contributed by atoms with Crippen LogP contribution >= 0.6 is 11.6 Å². The van der Waals surface area contributed by atoms with Crippen LogP contribution in [0.15, 0.2) is 41.1 Å². The van der Waals surface area contributed by atoms with E-state index in [2.05, 4.69) is 15.3 Å². The Kier molecular flexibility index (Phi) is 3.57. The quantitative estimate of drug-likeness (QED) is 0.764. The zero-order chi connectivity index (χ0) is 16.7. The molecule has 4 rings (SSSR count). The first-order valence-electron chi connectivity index (χ1n) is 7.43. The molecule has 2 atom stereocenters. The van der Waals surface area contributed by atoms with Crippen molar-refractivity contribution in [1.82, 2.24) is 20.0 Å². The number of rotatable bonds is 5. The van der Waals surface area contributed by atoms with Gasteiger partial charge in [0.15, 0.2) is 5.76 Å². The van der Waals surface area contributed by atoms with Gasteiger partial charge in [0.05, 0.1) is 17.8 Å². The van der Waals surface area contributed by atoms with Gasteiger partial charge in [-0.1, -0.05) is 28.9 Å². The standard InChI is InChI=1S/C16H13ClN4O3/c17-10-3-1-2-9(4-10)14-6-18-15(24-14)8-21-7-13(19-20-21)11-5-12(11)16(22)23/h1-4,6-7,11-12H,5,8H2,(H,22,23)/t11-,12+/m0/s1. The number of nitrogens with zero attached hydrogens (tertiary/aromatic N) is 4. The highest BCUT2D eigenvalue weighted by molar-refractivity contribution is 6.30. The summed E-state index contributed by atoms with van der Waals surface area (Å²) < 4.78 is 7.32. The number of carbonyl (C=O) groups is 1. The van der Waals surface area contributed by atoms with E-state index >= 15 is 0 Å². The number of aromatic nitrogens is 4. The van der Waals surface area contributed by atoms with Gasteiger partial charge in [-0.15, -0.1) is 5.10 Å². The van der Waals surface area contributed by atoms with Gasteiger partial charge in [-0.3, -0.25) is 4.79 Å². The van der Waals surface area contributed by atoms with Gasteiger partial charge in [-0.05, 0) is 18.6 Å². The molecule has 2 aromatic heterocycles. The predicted octanol–water partition coefficient (Wildman–Crippen LogP) is 2.82. The number of oxazole rings is 1. The summed E-state index contributed by atoms with van der Waals surface area (Å²) in [6.07, 6.45) is 4.00. The number of carboxylic acids is 1. The third-order valence-electron chi connectivity index (χ3n) is 4.00. The Morgan fingerprint density at radius 2 is 2.33 bits per heavy atom. The van der Waals surface area contributed by atoms with Gasteiger partial charge in [-0.2, -0.15) is 0 Å². The van der Waals surface area contributed by atoms with Crippen molar-refractivity contribution in [3.05, 3.63) is 53.3 Å². The average Bonchev–Trinajstić information content (AvgIpc) is 3.00. The monoisotopic (exact) mass is 344 g/mol. The van der Waals surface area contributed by atoms with E-state index in [4.69, 9.17) is 21.1 Å². The van der Waals surface area contributed by atoms with Crippen molar-refractivity contribution in [1.29, 1.82) is 0 Å². The summed E-state index contributed by atoms with van der Waals surface area (Å²) in [6.45, 7) is 0.331. The van der Waals surface area contributed by atoms with Gasteiger partial charge >= 0.3 is 5.97 Å². The zero-order valence-electron chi connectivity index (χ0n) is 12.5. The van der Waals surface area contributed by atoms with Gasteiger partial charge in [0.2, 0.25) is 5.89 Å². The van der Waals surface area contributed by atoms with Crippen LogP contribution < -0.4 is 0 Å². The lowest BCUT2D eigenvalue weighted by Gasteiger charge is -1.97. The minimum Gasteiger partial charge on any atom is -0.481 e. The molecule has 1 saturated carbocycles. The smallest absolute Gasteiger partial charge is 0.307 e. The fourth-order valence-electron chi connectivity index (χ4n) is 2.65. The molecule has 0 aliphatic heterocycles. The van der Waals surface area contributed by atoms with E-state index < -0.39 is 5.97 Å². The Bertz CT molecular complexity index is 904. The summed E-state index contributed by atoms with van der Waals surface area (Å²) in [6, 6.07) is 7.33. The van der Waals surface area contributed by atoms with Gasteiger partial charge < -0.3 is 9.52 Å². The molecular formula is C16H13ClN4O3. The van der Waals surface area contributed by atoms with Crippen molar-refractivity contribution in [2.75, 3.05) is 0 Å². The van der Waals surface area contributed by atoms with Crippen LogP contribution in [0.25, 0.3) is 11.3 Å². The van der Waals surface area contributed by atoms with Crippen molar-refractivity contribution in [2.24, 2.45) is 5.92 Å². The van der Waals surface area contributed by atoms with Gasteiger partial charge in [0.25, 0.3) is 0 Å². The van der Waals surface area contributed by atoms with E-state index in [0.717, 1.165) is 5.56 Å². The van der Waals surface area contributed by atoms with Crippen LogP contribution in [0.2, 0.25) is 5.02 Å². The minimum atomic E-state index is -0.784. The van der Waals surface area contributed by atoms with Crippen LogP contribution in [-0.2, 0) is 11.3 Å². The Morgan fingerprint density at radius 3 is 3.08 bits per heavy atom. The molecule has 7 nitrogen and oxygen atoms in total. The maximum Gasteiger partial charge on any atom is 0.307 e. The first-order valence-corrected chi connectivity index (χ1v) is 7.81. The van der Waals surface area contributed by atoms with Gasteiger partial charge in [0.1, 0.15) is 6.54 Å². The van der Waals surface area contributed by atoms with E-state index in [9.17, 15) is 4.79 Å². The Labute approximate surface area is 141 Å². The second kappa shape index (κ2) is 5.76. The third kappa shape index (κ3) is 2.90. The van der Waals surface area contributed by atoms with Gasteiger partial charge in [0, 0.05) is 22.7 Å². The van der Waals surface area contributed by atoms with E-state index in [1.54, 1.807) is 29.2 Å². The van der Waals surface area contributed by atoms with Crippen molar-refractivity contribution in [3.8, 4) is 11.3 Å². The van der Waals surface area contributed by atoms with Gasteiger partial charge in [-0.25, -0.2) is 9.67 Å². The molecule has 0 amide bonds. The average molecular weight is 345 g/mol. The van der Waals surface area contributed by atoms with Crippen LogP contribution in [-0.4, -0.2) is 31.1 Å². The van der Waals surface area contributed by atoms with Crippen LogP contribution in [0.5, 0.6) is 0 Å². The van der Waals surface area contributed by atoms with E-state index in [0.29, 0.717) is 35.3 Å². The molecule has 1 N–H and O–H groups in total. The molecule has 1 fully saturated rings. The molecule has 24 heavy (non-hydrogen) atoms. The lowest BCUT2D eigenvalue weighted by atomic mass is 10.2. The second-order valence-electron chi connectivity index (χ2n) is 5.76. The molecule has 0 saturated heterocycles. The largest absolute Gasteiger partial charge is 0.481 e. The number of carboxylic acid groups (broad SMARTS) is 1. The number of aliphatic carboxylic acids is 1. The lowest BCUT2D eigenvalue weighted by Crippen LogP contribution is -2.00. The van der Waals surface area contributed by atoms with Crippen LogP contribution in [0.4, 0.5) is 0 Å². The lowest BCUT2D eigenvalue weighted by molar-refractivity contribution is -0.138. The summed E-state index contributed by atoms with van der Waals surface area (Å²) in [5.41, 5.74) is 1.55. The topological polar surface area (TPSA) is 94.0 Å². The van der Waals surface area contributed by atoms with Crippen molar-refractivity contribution >= 4 is 17.6 Å². The molecule has 8 heteroatoms. The van der Waals surface area contributed by atoms with E-state index in [1.165, 1.54) is 0 Å². The fraction of sp³-hybridized carbons (Fsp3) is 0.250. The zero-order valence-corrected chi connectivity index (χ0v) is 13.2.